The van der Waals surface area contributed by atoms with E-state index >= 15 is 0 Å². The maximum atomic E-state index is 5.71. The predicted octanol–water partition coefficient (Wildman–Crippen LogP) is 1.99. The van der Waals surface area contributed by atoms with E-state index in [1.807, 2.05) is 6.92 Å². The zero-order valence-electron chi connectivity index (χ0n) is 9.95. The quantitative estimate of drug-likeness (QED) is 0.754. The molecule has 0 saturated carbocycles. The minimum atomic E-state index is 0.301. The summed E-state index contributed by atoms with van der Waals surface area (Å²) in [6, 6.07) is 0.301. The van der Waals surface area contributed by atoms with Gasteiger partial charge in [-0.2, -0.15) is 5.10 Å². The Balaban J connectivity index is 2.36. The lowest BCUT2D eigenvalue weighted by Gasteiger charge is -2.08. The second kappa shape index (κ2) is 5.85. The van der Waals surface area contributed by atoms with Crippen LogP contribution in [0.25, 0.3) is 0 Å². The second-order valence-electron chi connectivity index (χ2n) is 4.30. The first kappa shape index (κ1) is 12.2. The van der Waals surface area contributed by atoms with Crippen molar-refractivity contribution in [3.05, 3.63) is 11.6 Å². The number of H-pyrrole nitrogens is 1. The fraction of sp³-hybridized carbons (Fsp3) is 0.818. The molecule has 3 N–H and O–H groups in total. The Morgan fingerprint density at radius 2 is 2.07 bits per heavy atom. The molecule has 0 spiro atoms. The Labute approximate surface area is 91.7 Å². The molecule has 0 aliphatic carbocycles. The van der Waals surface area contributed by atoms with Crippen LogP contribution in [0.2, 0.25) is 0 Å². The smallest absolute Gasteiger partial charge is 0.153 e. The normalized spacial score (nSPS) is 15.2. The maximum absolute atomic E-state index is 5.71. The van der Waals surface area contributed by atoms with Gasteiger partial charge >= 0.3 is 0 Å². The molecule has 0 aliphatic heterocycles. The number of hydrogen-bond donors (Lipinski definition) is 2. The zero-order valence-corrected chi connectivity index (χ0v) is 9.95. The molecule has 1 aromatic heterocycles. The summed E-state index contributed by atoms with van der Waals surface area (Å²) in [4.78, 5) is 4.43. The molecule has 1 rings (SSSR count). The van der Waals surface area contributed by atoms with E-state index < -0.39 is 0 Å². The number of nitrogens with zero attached hydrogens (tertiary/aromatic N) is 2. The number of aromatic nitrogens is 3. The van der Waals surface area contributed by atoms with Crippen molar-refractivity contribution in [2.45, 2.75) is 58.4 Å². The van der Waals surface area contributed by atoms with Crippen LogP contribution in [0.1, 0.15) is 57.6 Å². The van der Waals surface area contributed by atoms with Gasteiger partial charge in [0.15, 0.2) is 5.82 Å². The number of hydrogen-bond acceptors (Lipinski definition) is 3. The molecule has 0 aliphatic rings. The Kier molecular flexibility index (Phi) is 4.75. The fourth-order valence-electron chi connectivity index (χ4n) is 1.56. The summed E-state index contributed by atoms with van der Waals surface area (Å²) in [5.41, 5.74) is 5.71. The molecular weight excluding hydrogens is 188 g/mol. The van der Waals surface area contributed by atoms with Crippen LogP contribution >= 0.6 is 0 Å². The molecule has 15 heavy (non-hydrogen) atoms. The van der Waals surface area contributed by atoms with Crippen molar-refractivity contribution in [2.75, 3.05) is 0 Å². The van der Waals surface area contributed by atoms with Crippen LogP contribution in [0, 0.1) is 0 Å². The summed E-state index contributed by atoms with van der Waals surface area (Å²) in [5.74, 6) is 2.35. The van der Waals surface area contributed by atoms with Gasteiger partial charge in [0, 0.05) is 18.4 Å². The summed E-state index contributed by atoms with van der Waals surface area (Å²) in [7, 11) is 0. The van der Waals surface area contributed by atoms with Crippen LogP contribution in [-0.2, 0) is 6.42 Å². The molecule has 0 saturated heterocycles. The van der Waals surface area contributed by atoms with Gasteiger partial charge in [-0.05, 0) is 19.8 Å². The van der Waals surface area contributed by atoms with Gasteiger partial charge in [-0.1, -0.05) is 20.3 Å². The first-order chi connectivity index (χ1) is 7.13. The monoisotopic (exact) mass is 210 g/mol. The number of rotatable bonds is 6. The molecule has 0 radical (unpaired) electrons. The van der Waals surface area contributed by atoms with Gasteiger partial charge in [0.1, 0.15) is 5.82 Å². The first-order valence-electron chi connectivity index (χ1n) is 5.80. The highest BCUT2D eigenvalue weighted by atomic mass is 15.2. The van der Waals surface area contributed by atoms with Crippen molar-refractivity contribution >= 4 is 0 Å². The van der Waals surface area contributed by atoms with E-state index in [1.54, 1.807) is 0 Å². The van der Waals surface area contributed by atoms with Gasteiger partial charge < -0.3 is 5.73 Å². The van der Waals surface area contributed by atoms with Crippen LogP contribution in [0.5, 0.6) is 0 Å². The van der Waals surface area contributed by atoms with Crippen LogP contribution < -0.4 is 5.73 Å². The topological polar surface area (TPSA) is 67.6 Å². The lowest BCUT2D eigenvalue weighted by atomic mass is 10.0. The summed E-state index contributed by atoms with van der Waals surface area (Å²) >= 11 is 0. The van der Waals surface area contributed by atoms with Gasteiger partial charge in [0.2, 0.25) is 0 Å². The van der Waals surface area contributed by atoms with E-state index in [4.69, 9.17) is 5.73 Å². The molecule has 0 amide bonds. The zero-order chi connectivity index (χ0) is 11.3. The number of aryl methyl sites for hydroxylation is 1. The lowest BCUT2D eigenvalue weighted by molar-refractivity contribution is 0.544. The SMILES string of the molecule is CCc1nc(C(C)CCCC(C)N)n[nH]1. The minimum Gasteiger partial charge on any atom is -0.328 e. The largest absolute Gasteiger partial charge is 0.328 e. The molecular formula is C11H22N4. The molecule has 0 aromatic carbocycles. The molecule has 1 heterocycles. The summed E-state index contributed by atoms with van der Waals surface area (Å²) in [5, 5.41) is 7.17. The number of nitrogens with one attached hydrogen (secondary N) is 1. The third kappa shape index (κ3) is 4.00. The number of nitrogens with two attached hydrogens (primary N) is 1. The Hall–Kier alpha value is -0.900. The van der Waals surface area contributed by atoms with Crippen molar-refractivity contribution in [2.24, 2.45) is 5.73 Å². The van der Waals surface area contributed by atoms with E-state index in [2.05, 4.69) is 29.0 Å². The minimum absolute atomic E-state index is 0.301. The Morgan fingerprint density at radius 1 is 1.33 bits per heavy atom. The molecule has 86 valence electrons. The molecule has 0 bridgehead atoms. The predicted molar refractivity (Wildman–Crippen MR) is 61.7 cm³/mol. The van der Waals surface area contributed by atoms with Crippen LogP contribution in [-0.4, -0.2) is 21.2 Å². The third-order valence-electron chi connectivity index (χ3n) is 2.62. The van der Waals surface area contributed by atoms with Gasteiger partial charge in [-0.15, -0.1) is 0 Å². The highest BCUT2D eigenvalue weighted by Gasteiger charge is 2.11. The van der Waals surface area contributed by atoms with Gasteiger partial charge in [0.05, 0.1) is 0 Å². The molecule has 2 unspecified atom stereocenters. The highest BCUT2D eigenvalue weighted by molar-refractivity contribution is 4.95. The van der Waals surface area contributed by atoms with E-state index in [9.17, 15) is 0 Å². The third-order valence-corrected chi connectivity index (χ3v) is 2.62. The van der Waals surface area contributed by atoms with Crippen molar-refractivity contribution in [3.8, 4) is 0 Å². The van der Waals surface area contributed by atoms with Gasteiger partial charge in [-0.25, -0.2) is 4.98 Å². The molecule has 4 heteroatoms. The fourth-order valence-corrected chi connectivity index (χ4v) is 1.56. The Morgan fingerprint density at radius 3 is 2.60 bits per heavy atom. The Bertz CT molecular complexity index is 280. The van der Waals surface area contributed by atoms with Gasteiger partial charge in [0.25, 0.3) is 0 Å². The van der Waals surface area contributed by atoms with Crippen LogP contribution in [0.15, 0.2) is 0 Å². The summed E-state index contributed by atoms with van der Waals surface area (Å²) < 4.78 is 0. The van der Waals surface area contributed by atoms with E-state index in [0.717, 1.165) is 37.3 Å². The highest BCUT2D eigenvalue weighted by Crippen LogP contribution is 2.18. The van der Waals surface area contributed by atoms with E-state index in [0.29, 0.717) is 12.0 Å². The maximum Gasteiger partial charge on any atom is 0.153 e. The van der Waals surface area contributed by atoms with Crippen LogP contribution in [0.4, 0.5) is 0 Å². The van der Waals surface area contributed by atoms with Crippen molar-refractivity contribution in [1.82, 2.24) is 15.2 Å². The number of aromatic amines is 1. The second-order valence-corrected chi connectivity index (χ2v) is 4.30. The molecule has 4 nitrogen and oxygen atoms in total. The van der Waals surface area contributed by atoms with Crippen molar-refractivity contribution in [1.29, 1.82) is 0 Å². The van der Waals surface area contributed by atoms with Crippen molar-refractivity contribution in [3.63, 3.8) is 0 Å². The summed E-state index contributed by atoms with van der Waals surface area (Å²) in [6.45, 7) is 6.29. The molecule has 2 atom stereocenters. The standard InChI is InChI=1S/C11H22N4/c1-4-10-13-11(15-14-10)8(2)6-5-7-9(3)12/h8-9H,4-7,12H2,1-3H3,(H,13,14,15). The average Bonchev–Trinajstić information content (AvgIpc) is 2.65. The average molecular weight is 210 g/mol. The molecule has 0 fully saturated rings. The lowest BCUT2D eigenvalue weighted by Crippen LogP contribution is -2.14. The van der Waals surface area contributed by atoms with Gasteiger partial charge in [-0.3, -0.25) is 5.10 Å². The van der Waals surface area contributed by atoms with Crippen molar-refractivity contribution < 1.29 is 0 Å². The first-order valence-corrected chi connectivity index (χ1v) is 5.80. The van der Waals surface area contributed by atoms with E-state index in [1.165, 1.54) is 0 Å². The summed E-state index contributed by atoms with van der Waals surface area (Å²) in [6.07, 6.45) is 4.26. The van der Waals surface area contributed by atoms with E-state index in [-0.39, 0.29) is 0 Å². The van der Waals surface area contributed by atoms with Crippen LogP contribution in [0.3, 0.4) is 0 Å². The molecule has 1 aromatic rings.